The van der Waals surface area contributed by atoms with Crippen molar-refractivity contribution in [3.63, 3.8) is 0 Å². The molecule has 0 aromatic heterocycles. The Balaban J connectivity index is 2.00. The van der Waals surface area contributed by atoms with Gasteiger partial charge in [-0.3, -0.25) is 4.79 Å². The quantitative estimate of drug-likeness (QED) is 0.773. The first-order valence-corrected chi connectivity index (χ1v) is 7.28. The van der Waals surface area contributed by atoms with Crippen molar-refractivity contribution in [2.24, 2.45) is 11.8 Å². The third kappa shape index (κ3) is 3.97. The summed E-state index contributed by atoms with van der Waals surface area (Å²) in [5.74, 6) is -0.831. The molecule has 1 saturated carbocycles. The number of phenols is 1. The average Bonchev–Trinajstić information content (AvgIpc) is 2.86. The zero-order valence-electron chi connectivity index (χ0n) is 12.1. The van der Waals surface area contributed by atoms with Gasteiger partial charge in [0.25, 0.3) is 0 Å². The Bertz CT molecular complexity index is 512. The van der Waals surface area contributed by atoms with E-state index in [0.29, 0.717) is 5.92 Å². The number of hydrogen-bond donors (Lipinski definition) is 3. The molecule has 0 spiro atoms. The predicted molar refractivity (Wildman–Crippen MR) is 77.9 cm³/mol. The van der Waals surface area contributed by atoms with Gasteiger partial charge in [-0.15, -0.1) is 0 Å². The molecule has 114 valence electrons. The van der Waals surface area contributed by atoms with Crippen LogP contribution in [0.4, 0.5) is 0 Å². The second-order valence-corrected chi connectivity index (χ2v) is 5.78. The molecule has 1 aromatic carbocycles. The van der Waals surface area contributed by atoms with Crippen LogP contribution >= 0.6 is 0 Å². The Morgan fingerprint density at radius 2 is 1.95 bits per heavy atom. The molecule has 5 heteroatoms. The Hall–Kier alpha value is -2.04. The molecule has 3 N–H and O–H groups in total. The number of carboxylic acids is 1. The molecule has 0 saturated heterocycles. The third-order valence-electron chi connectivity index (χ3n) is 4.19. The maximum absolute atomic E-state index is 12.2. The first-order valence-electron chi connectivity index (χ1n) is 7.28. The lowest BCUT2D eigenvalue weighted by Gasteiger charge is -2.20. The van der Waals surface area contributed by atoms with Gasteiger partial charge in [-0.25, -0.2) is 4.79 Å². The van der Waals surface area contributed by atoms with E-state index in [2.05, 4.69) is 5.32 Å². The number of carboxylic acid groups (broad SMARTS) is 1. The van der Waals surface area contributed by atoms with Crippen molar-refractivity contribution in [3.05, 3.63) is 29.8 Å². The summed E-state index contributed by atoms with van der Waals surface area (Å²) in [4.78, 5) is 23.5. The molecule has 2 rings (SSSR count). The van der Waals surface area contributed by atoms with Gasteiger partial charge >= 0.3 is 5.97 Å². The first kappa shape index (κ1) is 15.4. The van der Waals surface area contributed by atoms with Crippen LogP contribution in [-0.4, -0.2) is 28.1 Å². The van der Waals surface area contributed by atoms with E-state index in [-0.39, 0.29) is 24.0 Å². The molecule has 2 unspecified atom stereocenters. The van der Waals surface area contributed by atoms with Crippen LogP contribution in [0.25, 0.3) is 0 Å². The number of phenolic OH excluding ortho intramolecular Hbond substituents is 1. The van der Waals surface area contributed by atoms with Gasteiger partial charge in [0.05, 0.1) is 0 Å². The van der Waals surface area contributed by atoms with E-state index >= 15 is 0 Å². The van der Waals surface area contributed by atoms with Crippen molar-refractivity contribution in [2.45, 2.75) is 38.6 Å². The highest BCUT2D eigenvalue weighted by molar-refractivity contribution is 5.85. The summed E-state index contributed by atoms with van der Waals surface area (Å²) < 4.78 is 0. The van der Waals surface area contributed by atoms with Crippen LogP contribution in [0.2, 0.25) is 0 Å². The summed E-state index contributed by atoms with van der Waals surface area (Å²) >= 11 is 0. The molecule has 5 nitrogen and oxygen atoms in total. The van der Waals surface area contributed by atoms with Crippen LogP contribution in [0, 0.1) is 11.8 Å². The predicted octanol–water partition coefficient (Wildman–Crippen LogP) is 1.94. The number of hydrogen-bond acceptors (Lipinski definition) is 3. The molecule has 1 aliphatic rings. The number of aliphatic carboxylic acids is 1. The lowest BCUT2D eigenvalue weighted by Crippen LogP contribution is -2.45. The fraction of sp³-hybridized carbons (Fsp3) is 0.500. The number of nitrogens with one attached hydrogen (secondary N) is 1. The second kappa shape index (κ2) is 6.61. The molecule has 0 bridgehead atoms. The lowest BCUT2D eigenvalue weighted by molar-refractivity contribution is -0.142. The third-order valence-corrected chi connectivity index (χ3v) is 4.19. The number of amides is 1. The monoisotopic (exact) mass is 291 g/mol. The highest BCUT2D eigenvalue weighted by atomic mass is 16.4. The van der Waals surface area contributed by atoms with Gasteiger partial charge < -0.3 is 15.5 Å². The van der Waals surface area contributed by atoms with E-state index in [1.165, 1.54) is 12.1 Å². The number of rotatable bonds is 5. The smallest absolute Gasteiger partial charge is 0.326 e. The first-order chi connectivity index (χ1) is 9.97. The Labute approximate surface area is 124 Å². The van der Waals surface area contributed by atoms with Gasteiger partial charge in [0.15, 0.2) is 0 Å². The van der Waals surface area contributed by atoms with E-state index in [4.69, 9.17) is 0 Å². The molecule has 0 radical (unpaired) electrons. The highest BCUT2D eigenvalue weighted by Crippen LogP contribution is 2.31. The summed E-state index contributed by atoms with van der Waals surface area (Å²) in [6, 6.07) is 5.41. The largest absolute Gasteiger partial charge is 0.508 e. The van der Waals surface area contributed by atoms with Gasteiger partial charge in [0.2, 0.25) is 5.91 Å². The molecular formula is C16H21NO4. The number of benzene rings is 1. The summed E-state index contributed by atoms with van der Waals surface area (Å²) in [6.07, 6.45) is 3.09. The Morgan fingerprint density at radius 3 is 2.48 bits per heavy atom. The van der Waals surface area contributed by atoms with Crippen molar-refractivity contribution in [2.75, 3.05) is 0 Å². The van der Waals surface area contributed by atoms with Crippen molar-refractivity contribution in [1.82, 2.24) is 5.32 Å². The maximum Gasteiger partial charge on any atom is 0.326 e. The molecule has 1 fully saturated rings. The zero-order valence-corrected chi connectivity index (χ0v) is 12.1. The van der Waals surface area contributed by atoms with Gasteiger partial charge in [0.1, 0.15) is 11.8 Å². The lowest BCUT2D eigenvalue weighted by atomic mass is 9.96. The van der Waals surface area contributed by atoms with Crippen molar-refractivity contribution < 1.29 is 19.8 Å². The minimum Gasteiger partial charge on any atom is -0.508 e. The number of carbonyl (C=O) groups excluding carboxylic acids is 1. The molecule has 1 aromatic rings. The van der Waals surface area contributed by atoms with Crippen LogP contribution in [0.3, 0.4) is 0 Å². The molecule has 3 atom stereocenters. The number of carbonyl (C=O) groups is 2. The zero-order chi connectivity index (χ0) is 15.4. The van der Waals surface area contributed by atoms with Crippen LogP contribution in [0.5, 0.6) is 5.75 Å². The van der Waals surface area contributed by atoms with Crippen molar-refractivity contribution in [1.29, 1.82) is 0 Å². The fourth-order valence-corrected chi connectivity index (χ4v) is 2.88. The Morgan fingerprint density at radius 1 is 1.29 bits per heavy atom. The highest BCUT2D eigenvalue weighted by Gasteiger charge is 2.32. The van der Waals surface area contributed by atoms with Crippen LogP contribution in [0.15, 0.2) is 24.3 Å². The summed E-state index contributed by atoms with van der Waals surface area (Å²) in [5.41, 5.74) is 0.764. The van der Waals surface area contributed by atoms with Gasteiger partial charge in [-0.05, 0) is 36.5 Å². The summed E-state index contributed by atoms with van der Waals surface area (Å²) in [7, 11) is 0. The van der Waals surface area contributed by atoms with Gasteiger partial charge in [0, 0.05) is 12.3 Å². The van der Waals surface area contributed by atoms with Gasteiger partial charge in [-0.2, -0.15) is 0 Å². The molecular weight excluding hydrogens is 270 g/mol. The molecule has 0 aliphatic heterocycles. The van der Waals surface area contributed by atoms with E-state index in [0.717, 1.165) is 24.8 Å². The van der Waals surface area contributed by atoms with Crippen LogP contribution in [-0.2, 0) is 16.0 Å². The summed E-state index contributed by atoms with van der Waals surface area (Å²) in [5, 5.41) is 21.2. The number of aromatic hydroxyl groups is 1. The molecule has 0 heterocycles. The standard InChI is InChI=1S/C16H21NO4/c1-10-3-2-4-13(10)15(19)17-14(16(20)21)9-11-5-7-12(18)8-6-11/h5-8,10,13-14,18H,2-4,9H2,1H3,(H,17,19)(H,20,21)/t10?,13?,14-/m0/s1. The normalized spacial score (nSPS) is 22.7. The maximum atomic E-state index is 12.2. The van der Waals surface area contributed by atoms with Crippen molar-refractivity contribution in [3.8, 4) is 5.75 Å². The second-order valence-electron chi connectivity index (χ2n) is 5.78. The fourth-order valence-electron chi connectivity index (χ4n) is 2.88. The molecule has 1 aliphatic carbocycles. The topological polar surface area (TPSA) is 86.6 Å². The molecule has 1 amide bonds. The Kier molecular flexibility index (Phi) is 4.83. The van der Waals surface area contributed by atoms with Crippen LogP contribution < -0.4 is 5.32 Å². The van der Waals surface area contributed by atoms with Gasteiger partial charge in [-0.1, -0.05) is 25.5 Å². The van der Waals surface area contributed by atoms with E-state index in [1.807, 2.05) is 6.92 Å². The SMILES string of the molecule is CC1CCCC1C(=O)N[C@@H](Cc1ccc(O)cc1)C(=O)O. The van der Waals surface area contributed by atoms with Crippen molar-refractivity contribution >= 4 is 11.9 Å². The van der Waals surface area contributed by atoms with E-state index in [9.17, 15) is 19.8 Å². The van der Waals surface area contributed by atoms with E-state index in [1.54, 1.807) is 12.1 Å². The average molecular weight is 291 g/mol. The van der Waals surface area contributed by atoms with E-state index < -0.39 is 12.0 Å². The molecule has 21 heavy (non-hydrogen) atoms. The minimum atomic E-state index is -1.04. The van der Waals surface area contributed by atoms with Crippen LogP contribution in [0.1, 0.15) is 31.7 Å². The summed E-state index contributed by atoms with van der Waals surface area (Å²) in [6.45, 7) is 2.03. The minimum absolute atomic E-state index is 0.0772.